The molecule has 0 aromatic heterocycles. The number of hydrogen-bond acceptors (Lipinski definition) is 0. The third-order valence-electron chi connectivity index (χ3n) is 0. The molecule has 73 valence electrons. The number of hydrogen-bond donors (Lipinski definition) is 0. The van der Waals surface area contributed by atoms with Gasteiger partial charge in [0.1, 0.15) is 0 Å². The molecule has 0 radical (unpaired) electrons. The Morgan fingerprint density at radius 1 is 0.818 bits per heavy atom. The molecule has 0 amide bonds. The molecule has 0 saturated carbocycles. The van der Waals surface area contributed by atoms with Crippen molar-refractivity contribution in [1.29, 1.82) is 0 Å². The van der Waals surface area contributed by atoms with Gasteiger partial charge in [0.2, 0.25) is 0 Å². The molecule has 0 aliphatic carbocycles. The molecule has 0 nitrogen and oxygen atoms in total. The van der Waals surface area contributed by atoms with Gasteiger partial charge in [-0.25, -0.2) is 0 Å². The summed E-state index contributed by atoms with van der Waals surface area (Å²) < 4.78 is 0. The second-order valence-electron chi connectivity index (χ2n) is 0.472. The maximum absolute atomic E-state index is 5.04. The molecule has 0 saturated heterocycles. The Morgan fingerprint density at radius 2 is 0.818 bits per heavy atom. The first-order valence-electron chi connectivity index (χ1n) is 0.984. The smallest absolute Gasteiger partial charge is 2.00 e. The second-order valence-corrected chi connectivity index (χ2v) is 27.5. The van der Waals surface area contributed by atoms with E-state index in [0.29, 0.717) is 0 Å². The zero-order valence-electron chi connectivity index (χ0n) is 4.53. The van der Waals surface area contributed by atoms with Crippen LogP contribution in [0.4, 0.5) is 0 Å². The molecule has 0 unspecified atom stereocenters. The van der Waals surface area contributed by atoms with Crippen LogP contribution in [-0.4, -0.2) is 13.9 Å². The van der Waals surface area contributed by atoms with Crippen LogP contribution in [0.5, 0.6) is 0 Å². The summed E-state index contributed by atoms with van der Waals surface area (Å²) in [6.07, 6.45) is 0. The number of halogens is 8. The van der Waals surface area contributed by atoms with Crippen LogP contribution in [0.25, 0.3) is 0 Å². The van der Waals surface area contributed by atoms with Gasteiger partial charge < -0.3 is 24.8 Å². The van der Waals surface area contributed by atoms with Gasteiger partial charge in [0.25, 0.3) is 0 Å². The van der Waals surface area contributed by atoms with Crippen molar-refractivity contribution in [2.24, 2.45) is 0 Å². The van der Waals surface area contributed by atoms with Gasteiger partial charge in [-0.2, -0.15) is 0 Å². The topological polar surface area (TPSA) is 0 Å². The first-order chi connectivity index (χ1) is 3.41. The fraction of sp³-hybridized carbons (Fsp3) is 0. The van der Waals surface area contributed by atoms with Crippen molar-refractivity contribution in [2.75, 3.05) is 0 Å². The molecule has 11 heteroatoms. The molecule has 0 aliphatic heterocycles. The Balaban J connectivity index is -0.0000000183. The Bertz CT molecular complexity index is 37.8. The van der Waals surface area contributed by atoms with Crippen LogP contribution in [0.3, 0.4) is 0 Å². The molecule has 0 aliphatic rings. The number of rotatable bonds is 0. The summed E-state index contributed by atoms with van der Waals surface area (Å²) in [5, 5.41) is 0. The maximum atomic E-state index is 5.04. The fourth-order valence-electron chi connectivity index (χ4n) is 0. The molecular formula is Cl8CuSnZn. The zero-order chi connectivity index (χ0) is 7.21. The third-order valence-corrected chi connectivity index (χ3v) is 0. The predicted octanol–water partition coefficient (Wildman–Crippen LogP) is -2.24. The molecule has 0 N–H and O–H groups in total. The van der Waals surface area contributed by atoms with Gasteiger partial charge in [0.05, 0.1) is 0 Å². The van der Waals surface area contributed by atoms with Gasteiger partial charge in [-0.05, 0) is 0 Å². The Hall–Kier alpha value is 4.26. The van der Waals surface area contributed by atoms with E-state index in [1.807, 2.05) is 0 Å². The predicted molar refractivity (Wildman–Crippen MR) is 40.9 cm³/mol. The summed E-state index contributed by atoms with van der Waals surface area (Å²) in [7, 11) is 29.5. The van der Waals surface area contributed by atoms with Crippen molar-refractivity contribution < 1.29 is 57.4 Å². The van der Waals surface area contributed by atoms with Crippen LogP contribution in [0, 0.1) is 0 Å². The van der Waals surface area contributed by atoms with Crippen molar-refractivity contribution in [2.45, 2.75) is 0 Å². The van der Waals surface area contributed by atoms with E-state index in [1.165, 1.54) is 0 Å². The average molecular weight is 531 g/mol. The summed E-state index contributed by atoms with van der Waals surface area (Å²) in [5.74, 6) is 0. The molecule has 0 rings (SSSR count). The minimum Gasteiger partial charge on any atom is 2.00 e. The van der Waals surface area contributed by atoms with Crippen molar-refractivity contribution >= 4 is 69.8 Å². The van der Waals surface area contributed by atoms with Gasteiger partial charge in [0, 0.05) is 0 Å². The molecule has 0 heterocycles. The first-order valence-corrected chi connectivity index (χ1v) is 18.0. The first kappa shape index (κ1) is 29.5. The van der Waals surface area contributed by atoms with Crippen LogP contribution < -0.4 is 24.8 Å². The largest absolute Gasteiger partial charge is 2.00 e. The average Bonchev–Trinajstić information content (AvgIpc) is 1.27. The molecule has 0 aromatic carbocycles. The van der Waals surface area contributed by atoms with E-state index in [9.17, 15) is 0 Å². The normalized spacial score (nSPS) is 7.45. The molecule has 0 atom stereocenters. The Labute approximate surface area is 125 Å². The summed E-state index contributed by atoms with van der Waals surface area (Å²) in [6.45, 7) is 0. The molecule has 0 spiro atoms. The fourth-order valence-corrected chi connectivity index (χ4v) is 0. The van der Waals surface area contributed by atoms with E-state index >= 15 is 0 Å². The summed E-state index contributed by atoms with van der Waals surface area (Å²) >= 11 is -2.53. The van der Waals surface area contributed by atoms with Crippen LogP contribution in [-0.2, 0) is 32.6 Å². The van der Waals surface area contributed by atoms with Crippen molar-refractivity contribution in [1.82, 2.24) is 0 Å². The van der Waals surface area contributed by atoms with E-state index in [4.69, 9.17) is 35.7 Å². The zero-order valence-corrected chi connectivity index (χ0v) is 17.3. The minimum absolute atomic E-state index is 0. The molecule has 11 heavy (non-hydrogen) atoms. The minimum atomic E-state index is -3.29. The van der Waals surface area contributed by atoms with Crippen LogP contribution in [0.1, 0.15) is 0 Å². The van der Waals surface area contributed by atoms with Crippen molar-refractivity contribution in [3.8, 4) is 0 Å². The van der Waals surface area contributed by atoms with Gasteiger partial charge in [-0.1, -0.05) is 0 Å². The molecule has 0 bridgehead atoms. The second kappa shape index (κ2) is 19.8. The standard InChI is InChI=1S/8ClH.Cu.Sn.Zn/h8*1H;;;/q;;;;;;;;+2;+4;+2/p-8. The van der Waals surface area contributed by atoms with E-state index < -0.39 is 13.9 Å². The molecule has 0 fully saturated rings. The third kappa shape index (κ3) is 118. The van der Waals surface area contributed by atoms with Crippen LogP contribution in [0.15, 0.2) is 0 Å². The van der Waals surface area contributed by atoms with Crippen molar-refractivity contribution in [3.05, 3.63) is 0 Å². The summed E-state index contributed by atoms with van der Waals surface area (Å²) in [4.78, 5) is 0. The van der Waals surface area contributed by atoms with E-state index in [1.54, 1.807) is 0 Å². The Morgan fingerprint density at radius 3 is 0.818 bits per heavy atom. The van der Waals surface area contributed by atoms with E-state index in [2.05, 4.69) is 20.2 Å². The van der Waals surface area contributed by atoms with Crippen LogP contribution in [0.2, 0.25) is 0 Å². The quantitative estimate of drug-likeness (QED) is 0.311. The SMILES string of the molecule is [Cl-].[Cl-].[Cl][Cu][Cl].[Cl][Sn]([Cl])([Cl])[Cl].[Zn+2]. The van der Waals surface area contributed by atoms with Gasteiger partial charge in [-0.3, -0.25) is 0 Å². The van der Waals surface area contributed by atoms with Gasteiger partial charge in [-0.15, -0.1) is 0 Å². The van der Waals surface area contributed by atoms with Gasteiger partial charge in [0.15, 0.2) is 0 Å². The molecular weight excluding hydrogens is 531 g/mol. The maximum Gasteiger partial charge on any atom is 2.00 e. The summed E-state index contributed by atoms with van der Waals surface area (Å²) in [6, 6.07) is 0. The van der Waals surface area contributed by atoms with Gasteiger partial charge >= 0.3 is 102 Å². The molecule has 0 aromatic rings. The van der Waals surface area contributed by atoms with Crippen LogP contribution >= 0.6 is 55.9 Å². The van der Waals surface area contributed by atoms with E-state index in [0.717, 1.165) is 13.1 Å². The van der Waals surface area contributed by atoms with Crippen molar-refractivity contribution in [3.63, 3.8) is 0 Å². The van der Waals surface area contributed by atoms with E-state index in [-0.39, 0.29) is 44.3 Å². The Kier molecular flexibility index (Phi) is 53.0. The summed E-state index contributed by atoms with van der Waals surface area (Å²) in [5.41, 5.74) is 0. The monoisotopic (exact) mass is 527 g/mol.